The van der Waals surface area contributed by atoms with E-state index in [4.69, 9.17) is 9.47 Å². The number of hydrogen-bond acceptors (Lipinski definition) is 4. The fourth-order valence-electron chi connectivity index (χ4n) is 4.91. The number of carbonyl (C=O) groups is 1. The standard InChI is InChI=1S/C32H39NO3/c1-32(2,3)33-22-27(23-35-29-21-13-12-20-28(29)24-14-10-11-15-24)36-31(34)30(25-16-6-4-7-17-25)26-18-8-5-9-19-26/h4-9,12-13,16-21,24,27,30,33H,10-11,14-15,22-23H2,1-3H3. The average Bonchev–Trinajstić information content (AvgIpc) is 3.42. The van der Waals surface area contributed by atoms with E-state index in [-0.39, 0.29) is 11.5 Å². The third kappa shape index (κ3) is 7.20. The van der Waals surface area contributed by atoms with Gasteiger partial charge in [-0.15, -0.1) is 0 Å². The summed E-state index contributed by atoms with van der Waals surface area (Å²) < 4.78 is 12.5. The molecule has 1 saturated carbocycles. The van der Waals surface area contributed by atoms with E-state index >= 15 is 0 Å². The van der Waals surface area contributed by atoms with Crippen LogP contribution in [0.15, 0.2) is 84.9 Å². The minimum atomic E-state index is -0.490. The number of para-hydroxylation sites is 1. The molecule has 1 atom stereocenters. The predicted molar refractivity (Wildman–Crippen MR) is 146 cm³/mol. The van der Waals surface area contributed by atoms with Crippen LogP contribution in [0.4, 0.5) is 0 Å². The molecule has 0 bridgehead atoms. The van der Waals surface area contributed by atoms with Gasteiger partial charge in [0.2, 0.25) is 0 Å². The van der Waals surface area contributed by atoms with Crippen LogP contribution in [-0.2, 0) is 9.53 Å². The first-order valence-corrected chi connectivity index (χ1v) is 13.2. The van der Waals surface area contributed by atoms with Gasteiger partial charge in [0.1, 0.15) is 24.4 Å². The average molecular weight is 486 g/mol. The van der Waals surface area contributed by atoms with Crippen molar-refractivity contribution >= 4 is 5.97 Å². The molecule has 190 valence electrons. The lowest BCUT2D eigenvalue weighted by atomic mass is 9.91. The lowest BCUT2D eigenvalue weighted by Crippen LogP contribution is -2.44. The van der Waals surface area contributed by atoms with Crippen LogP contribution >= 0.6 is 0 Å². The molecule has 4 heteroatoms. The van der Waals surface area contributed by atoms with Crippen LogP contribution in [0, 0.1) is 0 Å². The summed E-state index contributed by atoms with van der Waals surface area (Å²) in [5.74, 6) is 0.704. The van der Waals surface area contributed by atoms with Gasteiger partial charge in [-0.05, 0) is 62.3 Å². The second-order valence-electron chi connectivity index (χ2n) is 10.8. The Morgan fingerprint density at radius 2 is 1.42 bits per heavy atom. The molecule has 4 nitrogen and oxygen atoms in total. The Bertz CT molecular complexity index is 1050. The summed E-state index contributed by atoms with van der Waals surface area (Å²) >= 11 is 0. The monoisotopic (exact) mass is 485 g/mol. The molecular weight excluding hydrogens is 446 g/mol. The quantitative estimate of drug-likeness (QED) is 0.319. The van der Waals surface area contributed by atoms with Crippen molar-refractivity contribution in [2.75, 3.05) is 13.2 Å². The van der Waals surface area contributed by atoms with Gasteiger partial charge in [0.05, 0.1) is 0 Å². The van der Waals surface area contributed by atoms with Gasteiger partial charge < -0.3 is 14.8 Å². The molecule has 1 aliphatic carbocycles. The Kier molecular flexibility index (Phi) is 8.82. The first-order valence-electron chi connectivity index (χ1n) is 13.2. The summed E-state index contributed by atoms with van der Waals surface area (Å²) in [4.78, 5) is 13.7. The van der Waals surface area contributed by atoms with Crippen LogP contribution in [0.5, 0.6) is 5.75 Å². The van der Waals surface area contributed by atoms with Crippen molar-refractivity contribution in [1.82, 2.24) is 5.32 Å². The first kappa shape index (κ1) is 26.0. The van der Waals surface area contributed by atoms with Gasteiger partial charge >= 0.3 is 5.97 Å². The first-order chi connectivity index (χ1) is 17.4. The van der Waals surface area contributed by atoms with Gasteiger partial charge in [-0.3, -0.25) is 4.79 Å². The number of carbonyl (C=O) groups excluding carboxylic acids is 1. The maximum Gasteiger partial charge on any atom is 0.318 e. The second-order valence-corrected chi connectivity index (χ2v) is 10.8. The van der Waals surface area contributed by atoms with Gasteiger partial charge in [0.25, 0.3) is 0 Å². The molecule has 1 unspecified atom stereocenters. The third-order valence-electron chi connectivity index (χ3n) is 6.78. The third-order valence-corrected chi connectivity index (χ3v) is 6.78. The van der Waals surface area contributed by atoms with Crippen LogP contribution in [0.25, 0.3) is 0 Å². The molecule has 1 N–H and O–H groups in total. The summed E-state index contributed by atoms with van der Waals surface area (Å²) in [5.41, 5.74) is 3.01. The zero-order valence-electron chi connectivity index (χ0n) is 21.8. The van der Waals surface area contributed by atoms with Crippen molar-refractivity contribution in [2.45, 2.75) is 69.9 Å². The van der Waals surface area contributed by atoms with Gasteiger partial charge in [-0.2, -0.15) is 0 Å². The van der Waals surface area contributed by atoms with Crippen LogP contribution in [0.1, 0.15) is 75.0 Å². The van der Waals surface area contributed by atoms with Crippen molar-refractivity contribution in [3.8, 4) is 5.75 Å². The van der Waals surface area contributed by atoms with Crippen molar-refractivity contribution in [2.24, 2.45) is 0 Å². The van der Waals surface area contributed by atoms with E-state index in [1.165, 1.54) is 31.2 Å². The number of hydrogen-bond donors (Lipinski definition) is 1. The molecule has 1 aliphatic rings. The number of rotatable bonds is 10. The fourth-order valence-corrected chi connectivity index (χ4v) is 4.91. The van der Waals surface area contributed by atoms with Gasteiger partial charge in [0.15, 0.2) is 0 Å². The van der Waals surface area contributed by atoms with Crippen LogP contribution in [0.3, 0.4) is 0 Å². The van der Waals surface area contributed by atoms with Crippen LogP contribution in [0.2, 0.25) is 0 Å². The van der Waals surface area contributed by atoms with E-state index in [1.807, 2.05) is 72.8 Å². The molecule has 4 rings (SSSR count). The van der Waals surface area contributed by atoms with E-state index in [1.54, 1.807) is 0 Å². The predicted octanol–water partition coefficient (Wildman–Crippen LogP) is 6.86. The molecule has 0 radical (unpaired) electrons. The molecule has 0 saturated heterocycles. The highest BCUT2D eigenvalue weighted by molar-refractivity contribution is 5.82. The lowest BCUT2D eigenvalue weighted by Gasteiger charge is -2.27. The molecule has 3 aromatic rings. The molecule has 0 amide bonds. The fraction of sp³-hybridized carbons (Fsp3) is 0.406. The zero-order valence-corrected chi connectivity index (χ0v) is 21.8. The largest absolute Gasteiger partial charge is 0.489 e. The Balaban J connectivity index is 1.53. The highest BCUT2D eigenvalue weighted by Gasteiger charge is 2.28. The molecule has 0 aliphatic heterocycles. The van der Waals surface area contributed by atoms with E-state index in [9.17, 15) is 4.79 Å². The number of ether oxygens (including phenoxy) is 2. The van der Waals surface area contributed by atoms with Gasteiger partial charge in [-0.25, -0.2) is 0 Å². The maximum atomic E-state index is 13.7. The molecule has 1 fully saturated rings. The van der Waals surface area contributed by atoms with Crippen molar-refractivity contribution < 1.29 is 14.3 Å². The highest BCUT2D eigenvalue weighted by Crippen LogP contribution is 2.38. The molecule has 0 spiro atoms. The van der Waals surface area contributed by atoms with E-state index in [0.29, 0.717) is 19.1 Å². The molecule has 3 aromatic carbocycles. The van der Waals surface area contributed by atoms with Crippen molar-refractivity contribution in [1.29, 1.82) is 0 Å². The van der Waals surface area contributed by atoms with E-state index in [2.05, 4.69) is 38.2 Å². The van der Waals surface area contributed by atoms with E-state index in [0.717, 1.165) is 16.9 Å². The normalized spacial score (nSPS) is 15.1. The van der Waals surface area contributed by atoms with Gasteiger partial charge in [0, 0.05) is 12.1 Å². The van der Waals surface area contributed by atoms with Gasteiger partial charge in [-0.1, -0.05) is 91.7 Å². The van der Waals surface area contributed by atoms with E-state index < -0.39 is 12.0 Å². The SMILES string of the molecule is CC(C)(C)NCC(COc1ccccc1C1CCCC1)OC(=O)C(c1ccccc1)c1ccccc1. The van der Waals surface area contributed by atoms with Crippen LogP contribution < -0.4 is 10.1 Å². The molecular formula is C32H39NO3. The smallest absolute Gasteiger partial charge is 0.318 e. The van der Waals surface area contributed by atoms with Crippen molar-refractivity contribution in [3.63, 3.8) is 0 Å². The number of nitrogens with one attached hydrogen (secondary N) is 1. The summed E-state index contributed by atoms with van der Waals surface area (Å²) in [6.45, 7) is 7.14. The molecule has 0 aromatic heterocycles. The second kappa shape index (κ2) is 12.2. The lowest BCUT2D eigenvalue weighted by molar-refractivity contribution is -0.151. The topological polar surface area (TPSA) is 47.6 Å². The summed E-state index contributed by atoms with van der Waals surface area (Å²) in [5, 5.41) is 3.49. The number of esters is 1. The number of benzene rings is 3. The Labute approximate surface area is 216 Å². The summed E-state index contributed by atoms with van der Waals surface area (Å²) in [6.07, 6.45) is 4.54. The van der Waals surface area contributed by atoms with Crippen molar-refractivity contribution in [3.05, 3.63) is 102 Å². The Morgan fingerprint density at radius 1 is 0.861 bits per heavy atom. The summed E-state index contributed by atoms with van der Waals surface area (Å²) in [6, 6.07) is 28.0. The Hall–Kier alpha value is -3.11. The highest BCUT2D eigenvalue weighted by atomic mass is 16.6. The maximum absolute atomic E-state index is 13.7. The van der Waals surface area contributed by atoms with Crippen LogP contribution in [-0.4, -0.2) is 30.8 Å². The minimum Gasteiger partial charge on any atom is -0.489 e. The Morgan fingerprint density at radius 3 is 2.00 bits per heavy atom. The molecule has 0 heterocycles. The molecule has 36 heavy (non-hydrogen) atoms. The summed E-state index contributed by atoms with van der Waals surface area (Å²) in [7, 11) is 0. The minimum absolute atomic E-state index is 0.106. The zero-order chi connectivity index (χ0) is 25.4.